The molecule has 8 heteroatoms. The molecule has 1 amide bonds. The van der Waals surface area contributed by atoms with Crippen LogP contribution in [0.3, 0.4) is 0 Å². The maximum atomic E-state index is 13.1. The summed E-state index contributed by atoms with van der Waals surface area (Å²) in [5, 5.41) is 10.1. The van der Waals surface area contributed by atoms with Crippen molar-refractivity contribution in [2.24, 2.45) is 0 Å². The van der Waals surface area contributed by atoms with Gasteiger partial charge in [0.15, 0.2) is 0 Å². The van der Waals surface area contributed by atoms with Crippen molar-refractivity contribution in [3.8, 4) is 5.69 Å². The fourth-order valence-corrected chi connectivity index (χ4v) is 5.53. The summed E-state index contributed by atoms with van der Waals surface area (Å²) in [5.41, 5.74) is 2.81. The lowest BCUT2D eigenvalue weighted by molar-refractivity contribution is 0.0939. The van der Waals surface area contributed by atoms with Gasteiger partial charge in [0.2, 0.25) is 0 Å². The van der Waals surface area contributed by atoms with Crippen LogP contribution in [0.15, 0.2) is 54.6 Å². The number of amides is 1. The Hall–Kier alpha value is -2.38. The average molecular weight is 501 g/mol. The first-order valence-electron chi connectivity index (χ1n) is 10.9. The van der Waals surface area contributed by atoms with Crippen LogP contribution in [0, 0.1) is 6.92 Å². The lowest BCUT2D eigenvalue weighted by Gasteiger charge is -2.30. The van der Waals surface area contributed by atoms with Gasteiger partial charge in [0, 0.05) is 22.0 Å². The lowest BCUT2D eigenvalue weighted by atomic mass is 10.0. The maximum absolute atomic E-state index is 13.1. The number of nitrogens with one attached hydrogen (secondary N) is 1. The summed E-state index contributed by atoms with van der Waals surface area (Å²) in [5.74, 6) is -0.0949. The van der Waals surface area contributed by atoms with Crippen molar-refractivity contribution >= 4 is 50.7 Å². The number of halogens is 2. The molecule has 0 aliphatic heterocycles. The van der Waals surface area contributed by atoms with Crippen LogP contribution in [-0.4, -0.2) is 40.2 Å². The molecule has 172 valence electrons. The highest BCUT2D eigenvalue weighted by Gasteiger charge is 2.23. The Bertz CT molecular complexity index is 1260. The van der Waals surface area contributed by atoms with Gasteiger partial charge in [0.05, 0.1) is 22.3 Å². The normalized spacial score (nSPS) is 12.4. The van der Waals surface area contributed by atoms with Crippen LogP contribution >= 0.6 is 34.5 Å². The van der Waals surface area contributed by atoms with Crippen molar-refractivity contribution in [3.63, 3.8) is 0 Å². The first-order valence-corrected chi connectivity index (χ1v) is 12.5. The van der Waals surface area contributed by atoms with Crippen LogP contribution in [0.25, 0.3) is 15.9 Å². The molecule has 5 nitrogen and oxygen atoms in total. The van der Waals surface area contributed by atoms with E-state index >= 15 is 0 Å². The maximum Gasteiger partial charge on any atom is 0.261 e. The Morgan fingerprint density at radius 3 is 2.48 bits per heavy atom. The van der Waals surface area contributed by atoms with Crippen molar-refractivity contribution in [1.29, 1.82) is 0 Å². The average Bonchev–Trinajstić information content (AvgIpc) is 3.38. The highest BCUT2D eigenvalue weighted by molar-refractivity contribution is 7.20. The third kappa shape index (κ3) is 4.94. The SMILES string of the molecule is CCN(CC)C(CNC(=O)c1cc2c(C)nn(-c3ccc(Cl)cc3)c2s1)c1ccccc1Cl. The number of hydrogen-bond donors (Lipinski definition) is 1. The Morgan fingerprint density at radius 2 is 1.82 bits per heavy atom. The molecule has 0 radical (unpaired) electrons. The molecule has 33 heavy (non-hydrogen) atoms. The largest absolute Gasteiger partial charge is 0.349 e. The van der Waals surface area contributed by atoms with Crippen molar-refractivity contribution in [3.05, 3.63) is 80.8 Å². The van der Waals surface area contributed by atoms with E-state index in [1.54, 1.807) is 0 Å². The van der Waals surface area contributed by atoms with E-state index in [2.05, 4.69) is 29.2 Å². The van der Waals surface area contributed by atoms with Gasteiger partial charge in [0.1, 0.15) is 4.83 Å². The van der Waals surface area contributed by atoms with E-state index in [0.717, 1.165) is 40.3 Å². The quantitative estimate of drug-likeness (QED) is 0.299. The van der Waals surface area contributed by atoms with Gasteiger partial charge in [-0.25, -0.2) is 4.68 Å². The topological polar surface area (TPSA) is 50.2 Å². The van der Waals surface area contributed by atoms with Gasteiger partial charge >= 0.3 is 0 Å². The molecule has 0 saturated carbocycles. The van der Waals surface area contributed by atoms with Crippen molar-refractivity contribution in [1.82, 2.24) is 20.0 Å². The highest BCUT2D eigenvalue weighted by Crippen LogP contribution is 2.31. The minimum atomic E-state index is -0.0949. The number of likely N-dealkylation sites (N-methyl/N-ethyl adjacent to an activating group) is 1. The van der Waals surface area contributed by atoms with E-state index < -0.39 is 0 Å². The summed E-state index contributed by atoms with van der Waals surface area (Å²) < 4.78 is 1.87. The molecular formula is C25H26Cl2N4OS. The van der Waals surface area contributed by atoms with Crippen LogP contribution in [0.5, 0.6) is 0 Å². The minimum Gasteiger partial charge on any atom is -0.349 e. The zero-order valence-electron chi connectivity index (χ0n) is 18.8. The van der Waals surface area contributed by atoms with Crippen LogP contribution in [0.4, 0.5) is 0 Å². The molecule has 0 aliphatic carbocycles. The predicted octanol–water partition coefficient (Wildman–Crippen LogP) is 6.52. The standard InChI is InChI=1S/C25H26Cl2N4OS/c1-4-30(5-2)22(19-8-6-7-9-21(19)27)15-28-24(32)23-14-20-16(3)29-31(25(20)33-23)18-12-10-17(26)11-13-18/h6-14,22H,4-5,15H2,1-3H3,(H,28,32). The Morgan fingerprint density at radius 1 is 1.12 bits per heavy atom. The molecule has 1 unspecified atom stereocenters. The summed E-state index contributed by atoms with van der Waals surface area (Å²) in [7, 11) is 0. The predicted molar refractivity (Wildman–Crippen MR) is 138 cm³/mol. The number of aromatic nitrogens is 2. The van der Waals surface area contributed by atoms with Gasteiger partial charge in [-0.15, -0.1) is 11.3 Å². The van der Waals surface area contributed by atoms with Crippen LogP contribution in [0.2, 0.25) is 10.0 Å². The Labute approximate surface area is 207 Å². The van der Waals surface area contributed by atoms with Crippen LogP contribution < -0.4 is 5.32 Å². The molecule has 1 N–H and O–H groups in total. The second kappa shape index (κ2) is 10.3. The number of nitrogens with zero attached hydrogens (tertiary/aromatic N) is 3. The van der Waals surface area contributed by atoms with Gasteiger partial charge in [-0.3, -0.25) is 9.69 Å². The molecule has 4 aromatic rings. The number of fused-ring (bicyclic) bond motifs is 1. The second-order valence-corrected chi connectivity index (χ2v) is 9.65. The molecule has 0 bridgehead atoms. The van der Waals surface area contributed by atoms with E-state index in [9.17, 15) is 4.79 Å². The summed E-state index contributed by atoms with van der Waals surface area (Å²) in [4.78, 5) is 17.0. The van der Waals surface area contributed by atoms with Crippen molar-refractivity contribution in [2.45, 2.75) is 26.8 Å². The highest BCUT2D eigenvalue weighted by atomic mass is 35.5. The molecule has 2 aromatic carbocycles. The monoisotopic (exact) mass is 500 g/mol. The summed E-state index contributed by atoms with van der Waals surface area (Å²) >= 11 is 14.0. The molecule has 0 aliphatic rings. The molecule has 2 aromatic heterocycles. The Kier molecular flexibility index (Phi) is 7.39. The zero-order valence-corrected chi connectivity index (χ0v) is 21.1. The molecular weight excluding hydrogens is 475 g/mol. The van der Waals surface area contributed by atoms with E-state index in [1.165, 1.54) is 11.3 Å². The molecule has 1 atom stereocenters. The lowest BCUT2D eigenvalue weighted by Crippen LogP contribution is -2.38. The van der Waals surface area contributed by atoms with Gasteiger partial charge < -0.3 is 5.32 Å². The van der Waals surface area contributed by atoms with Gasteiger partial charge in [-0.2, -0.15) is 5.10 Å². The van der Waals surface area contributed by atoms with Crippen LogP contribution in [-0.2, 0) is 0 Å². The number of carbonyl (C=O) groups excluding carboxylic acids is 1. The molecule has 0 spiro atoms. The third-order valence-electron chi connectivity index (χ3n) is 5.81. The fraction of sp³-hybridized carbons (Fsp3) is 0.280. The van der Waals surface area contributed by atoms with Crippen molar-refractivity contribution < 1.29 is 4.79 Å². The minimum absolute atomic E-state index is 0.00155. The first kappa shape index (κ1) is 23.8. The Balaban J connectivity index is 1.58. The third-order valence-corrected chi connectivity index (χ3v) is 7.52. The van der Waals surface area contributed by atoms with Gasteiger partial charge in [-0.1, -0.05) is 55.2 Å². The number of thiophene rings is 1. The first-order chi connectivity index (χ1) is 15.9. The summed E-state index contributed by atoms with van der Waals surface area (Å²) in [6.45, 7) is 8.39. The van der Waals surface area contributed by atoms with E-state index in [1.807, 2.05) is 66.2 Å². The number of aryl methyl sites for hydroxylation is 1. The van der Waals surface area contributed by atoms with Crippen LogP contribution in [0.1, 0.15) is 40.8 Å². The van der Waals surface area contributed by atoms with E-state index in [-0.39, 0.29) is 11.9 Å². The van der Waals surface area contributed by atoms with Gasteiger partial charge in [-0.05, 0) is 62.0 Å². The molecule has 2 heterocycles. The van der Waals surface area contributed by atoms with E-state index in [4.69, 9.17) is 23.2 Å². The van der Waals surface area contributed by atoms with Gasteiger partial charge in [0.25, 0.3) is 5.91 Å². The number of carbonyl (C=O) groups is 1. The smallest absolute Gasteiger partial charge is 0.261 e. The zero-order chi connectivity index (χ0) is 23.5. The second-order valence-electron chi connectivity index (χ2n) is 7.77. The molecule has 4 rings (SSSR count). The van der Waals surface area contributed by atoms with Crippen molar-refractivity contribution in [2.75, 3.05) is 19.6 Å². The fourth-order valence-electron chi connectivity index (χ4n) is 4.04. The van der Waals surface area contributed by atoms with E-state index in [0.29, 0.717) is 21.5 Å². The summed E-state index contributed by atoms with van der Waals surface area (Å²) in [6.07, 6.45) is 0. The summed E-state index contributed by atoms with van der Waals surface area (Å²) in [6, 6.07) is 17.3. The number of rotatable bonds is 8. The number of hydrogen-bond acceptors (Lipinski definition) is 4. The number of benzene rings is 2. The molecule has 0 fully saturated rings. The molecule has 0 saturated heterocycles.